The molecule has 0 saturated heterocycles. The first kappa shape index (κ1) is 14.7. The lowest BCUT2D eigenvalue weighted by Crippen LogP contribution is -2.49. The van der Waals surface area contributed by atoms with Crippen molar-refractivity contribution in [3.8, 4) is 0 Å². The number of carboxylic acid groups (broad SMARTS) is 1. The van der Waals surface area contributed by atoms with Gasteiger partial charge in [-0.3, -0.25) is 9.69 Å². The third-order valence-electron chi connectivity index (χ3n) is 3.27. The van der Waals surface area contributed by atoms with Crippen LogP contribution >= 0.6 is 0 Å². The van der Waals surface area contributed by atoms with E-state index in [1.54, 1.807) is 13.1 Å². The van der Waals surface area contributed by atoms with Crippen LogP contribution in [-0.2, 0) is 18.4 Å². The van der Waals surface area contributed by atoms with Gasteiger partial charge in [0.2, 0.25) is 0 Å². The number of hydrogen-bond acceptors (Lipinski definition) is 4. The van der Waals surface area contributed by atoms with E-state index in [1.165, 1.54) is 0 Å². The van der Waals surface area contributed by atoms with Gasteiger partial charge in [-0.25, -0.2) is 4.98 Å². The lowest BCUT2D eigenvalue weighted by atomic mass is 9.94. The molecule has 1 rings (SSSR count). The van der Waals surface area contributed by atoms with E-state index in [0.717, 1.165) is 5.82 Å². The van der Waals surface area contributed by atoms with E-state index in [2.05, 4.69) is 9.88 Å². The highest BCUT2D eigenvalue weighted by atomic mass is 16.4. The third-order valence-corrected chi connectivity index (χ3v) is 3.27. The van der Waals surface area contributed by atoms with E-state index < -0.39 is 11.5 Å². The summed E-state index contributed by atoms with van der Waals surface area (Å²) in [5, 5.41) is 9.01. The lowest BCUT2D eigenvalue weighted by molar-refractivity contribution is -0.143. The number of nitrogens with zero attached hydrogens (tertiary/aromatic N) is 3. The quantitative estimate of drug-likeness (QED) is 0.769. The number of rotatable bonds is 6. The molecular formula is C12H22N4O2. The fourth-order valence-corrected chi connectivity index (χ4v) is 1.78. The second-order valence-electron chi connectivity index (χ2n) is 5.15. The normalized spacial score (nSPS) is 16.6. The first-order valence-corrected chi connectivity index (χ1v) is 5.92. The number of aliphatic carboxylic acids is 1. The van der Waals surface area contributed by atoms with Gasteiger partial charge in [0.25, 0.3) is 0 Å². The van der Waals surface area contributed by atoms with E-state index in [9.17, 15) is 4.79 Å². The molecule has 0 fully saturated rings. The minimum atomic E-state index is -1.20. The van der Waals surface area contributed by atoms with Crippen LogP contribution in [0.3, 0.4) is 0 Å². The molecule has 0 amide bonds. The van der Waals surface area contributed by atoms with Crippen molar-refractivity contribution in [3.05, 3.63) is 18.2 Å². The van der Waals surface area contributed by atoms with Gasteiger partial charge < -0.3 is 15.4 Å². The molecule has 0 radical (unpaired) electrons. The van der Waals surface area contributed by atoms with Crippen LogP contribution in [0.4, 0.5) is 0 Å². The van der Waals surface area contributed by atoms with Crippen LogP contribution in [0.15, 0.2) is 12.4 Å². The number of aryl methyl sites for hydroxylation is 1. The zero-order valence-electron chi connectivity index (χ0n) is 11.4. The Labute approximate surface area is 107 Å². The number of imidazole rings is 1. The molecular weight excluding hydrogens is 232 g/mol. The van der Waals surface area contributed by atoms with Gasteiger partial charge >= 0.3 is 5.97 Å². The van der Waals surface area contributed by atoms with Crippen LogP contribution in [0.1, 0.15) is 26.1 Å². The van der Waals surface area contributed by atoms with Crippen molar-refractivity contribution < 1.29 is 9.90 Å². The van der Waals surface area contributed by atoms with Gasteiger partial charge in [0.05, 0.1) is 6.54 Å². The smallest absolute Gasteiger partial charge is 0.323 e. The highest BCUT2D eigenvalue weighted by molar-refractivity contribution is 5.77. The Hall–Kier alpha value is -1.40. The predicted octanol–water partition coefficient (Wildman–Crippen LogP) is 0.433. The molecule has 18 heavy (non-hydrogen) atoms. The van der Waals surface area contributed by atoms with E-state index in [0.29, 0.717) is 13.0 Å². The molecule has 1 aromatic heterocycles. The Balaban J connectivity index is 2.60. The van der Waals surface area contributed by atoms with Gasteiger partial charge in [0.1, 0.15) is 11.4 Å². The molecule has 102 valence electrons. The summed E-state index contributed by atoms with van der Waals surface area (Å²) < 4.78 is 1.95. The lowest BCUT2D eigenvalue weighted by Gasteiger charge is -2.30. The molecule has 1 aromatic rings. The Morgan fingerprint density at radius 2 is 2.33 bits per heavy atom. The molecule has 6 heteroatoms. The van der Waals surface area contributed by atoms with Crippen LogP contribution in [0, 0.1) is 0 Å². The Bertz CT molecular complexity index is 414. The summed E-state index contributed by atoms with van der Waals surface area (Å²) in [6, 6.07) is 0.0628. The first-order valence-electron chi connectivity index (χ1n) is 5.92. The summed E-state index contributed by atoms with van der Waals surface area (Å²) in [5.74, 6) is -0.0295. The predicted molar refractivity (Wildman–Crippen MR) is 69.0 cm³/mol. The highest BCUT2D eigenvalue weighted by Crippen LogP contribution is 2.14. The topological polar surface area (TPSA) is 84.4 Å². The van der Waals surface area contributed by atoms with Gasteiger partial charge in [0, 0.05) is 25.5 Å². The molecule has 3 N–H and O–H groups in total. The molecule has 1 heterocycles. The Morgan fingerprint density at radius 3 is 2.78 bits per heavy atom. The van der Waals surface area contributed by atoms with E-state index in [-0.39, 0.29) is 6.04 Å². The molecule has 0 bridgehead atoms. The molecule has 0 spiro atoms. The molecule has 0 aliphatic carbocycles. The van der Waals surface area contributed by atoms with Gasteiger partial charge in [-0.05, 0) is 27.3 Å². The zero-order valence-corrected chi connectivity index (χ0v) is 11.4. The SMILES string of the molecule is CC(CC(C)(N)C(=O)O)N(C)Cc1nccn1C. The van der Waals surface area contributed by atoms with Crippen LogP contribution < -0.4 is 5.73 Å². The summed E-state index contributed by atoms with van der Waals surface area (Å²) in [6.07, 6.45) is 4.03. The van der Waals surface area contributed by atoms with Crippen molar-refractivity contribution in [1.29, 1.82) is 0 Å². The van der Waals surface area contributed by atoms with Gasteiger partial charge in [0.15, 0.2) is 0 Å². The second kappa shape index (κ2) is 5.49. The maximum Gasteiger partial charge on any atom is 0.323 e. The van der Waals surface area contributed by atoms with Gasteiger partial charge in [-0.2, -0.15) is 0 Å². The summed E-state index contributed by atoms with van der Waals surface area (Å²) in [5.41, 5.74) is 4.56. The molecule has 0 aromatic carbocycles. The highest BCUT2D eigenvalue weighted by Gasteiger charge is 2.31. The molecule has 0 aliphatic rings. The average molecular weight is 254 g/mol. The largest absolute Gasteiger partial charge is 0.480 e. The maximum absolute atomic E-state index is 11.0. The number of carbonyl (C=O) groups is 1. The summed E-state index contributed by atoms with van der Waals surface area (Å²) in [6.45, 7) is 4.18. The monoisotopic (exact) mass is 254 g/mol. The Morgan fingerprint density at radius 1 is 1.72 bits per heavy atom. The van der Waals surface area contributed by atoms with Crippen molar-refractivity contribution in [2.45, 2.75) is 38.4 Å². The van der Waals surface area contributed by atoms with Crippen molar-refractivity contribution in [1.82, 2.24) is 14.5 Å². The summed E-state index contributed by atoms with van der Waals surface area (Å²) >= 11 is 0. The summed E-state index contributed by atoms with van der Waals surface area (Å²) in [7, 11) is 3.88. The molecule has 0 saturated carbocycles. The summed E-state index contributed by atoms with van der Waals surface area (Å²) in [4.78, 5) is 17.3. The Kier molecular flexibility index (Phi) is 4.48. The van der Waals surface area contributed by atoms with Crippen molar-refractivity contribution >= 4 is 5.97 Å². The number of aromatic nitrogens is 2. The van der Waals surface area contributed by atoms with E-state index in [1.807, 2.05) is 31.8 Å². The van der Waals surface area contributed by atoms with Crippen molar-refractivity contribution in [3.63, 3.8) is 0 Å². The van der Waals surface area contributed by atoms with Crippen LogP contribution in [0.5, 0.6) is 0 Å². The van der Waals surface area contributed by atoms with Gasteiger partial charge in [-0.15, -0.1) is 0 Å². The van der Waals surface area contributed by atoms with Crippen LogP contribution in [-0.4, -0.2) is 44.2 Å². The standard InChI is InChI=1S/C12H22N4O2/c1-9(7-12(2,13)11(17)18)16(4)8-10-14-5-6-15(10)3/h5-6,9H,7-8,13H2,1-4H3,(H,17,18). The number of nitrogens with two attached hydrogens (primary N) is 1. The molecule has 6 nitrogen and oxygen atoms in total. The number of hydrogen-bond donors (Lipinski definition) is 2. The fourth-order valence-electron chi connectivity index (χ4n) is 1.78. The third kappa shape index (κ3) is 3.54. The van der Waals surface area contributed by atoms with Crippen molar-refractivity contribution in [2.24, 2.45) is 12.8 Å². The average Bonchev–Trinajstić information content (AvgIpc) is 2.63. The fraction of sp³-hybridized carbons (Fsp3) is 0.667. The van der Waals surface area contributed by atoms with E-state index in [4.69, 9.17) is 10.8 Å². The molecule has 2 atom stereocenters. The van der Waals surface area contributed by atoms with Crippen LogP contribution in [0.25, 0.3) is 0 Å². The molecule has 2 unspecified atom stereocenters. The van der Waals surface area contributed by atoms with Crippen LogP contribution in [0.2, 0.25) is 0 Å². The zero-order chi connectivity index (χ0) is 13.9. The van der Waals surface area contributed by atoms with Gasteiger partial charge in [-0.1, -0.05) is 0 Å². The van der Waals surface area contributed by atoms with Crippen molar-refractivity contribution in [2.75, 3.05) is 7.05 Å². The minimum absolute atomic E-state index is 0.0628. The van der Waals surface area contributed by atoms with E-state index >= 15 is 0 Å². The number of carboxylic acids is 1. The minimum Gasteiger partial charge on any atom is -0.480 e. The maximum atomic E-state index is 11.0. The molecule has 0 aliphatic heterocycles. The first-order chi connectivity index (χ1) is 8.24. The second-order valence-corrected chi connectivity index (χ2v) is 5.15.